The second-order valence-electron chi connectivity index (χ2n) is 12.2. The lowest BCUT2D eigenvalue weighted by Crippen LogP contribution is -2.48. The summed E-state index contributed by atoms with van der Waals surface area (Å²) in [6.45, 7) is 1.27. The molecule has 0 aromatic heterocycles. The van der Waals surface area contributed by atoms with Crippen LogP contribution in [-0.2, 0) is 15.0 Å². The summed E-state index contributed by atoms with van der Waals surface area (Å²) in [6.07, 6.45) is 13.7. The number of hydrogen-bond donors (Lipinski definition) is 2. The lowest BCUT2D eigenvalue weighted by molar-refractivity contribution is -0.131. The van der Waals surface area contributed by atoms with Gasteiger partial charge in [-0.25, -0.2) is 4.79 Å². The van der Waals surface area contributed by atoms with Gasteiger partial charge in [0.1, 0.15) is 11.5 Å². The summed E-state index contributed by atoms with van der Waals surface area (Å²) >= 11 is 0. The van der Waals surface area contributed by atoms with Crippen LogP contribution in [0.3, 0.4) is 0 Å². The van der Waals surface area contributed by atoms with E-state index in [0.717, 1.165) is 59.0 Å². The van der Waals surface area contributed by atoms with Crippen LogP contribution in [0.15, 0.2) is 48.5 Å². The molecule has 7 heteroatoms. The molecule has 0 radical (unpaired) electrons. The fourth-order valence-electron chi connectivity index (χ4n) is 7.72. The number of benzene rings is 2. The number of carboxylic acids is 1. The van der Waals surface area contributed by atoms with Crippen LogP contribution >= 0.6 is 21.6 Å². The Morgan fingerprint density at radius 3 is 2.20 bits per heavy atom. The highest BCUT2D eigenvalue weighted by Gasteiger charge is 2.52. The van der Waals surface area contributed by atoms with E-state index >= 15 is 0 Å². The van der Waals surface area contributed by atoms with E-state index in [-0.39, 0.29) is 5.41 Å². The third kappa shape index (κ3) is 7.99. The van der Waals surface area contributed by atoms with Crippen LogP contribution in [0.2, 0.25) is 0 Å². The third-order valence-electron chi connectivity index (χ3n) is 9.08. The molecule has 0 atom stereocenters. The Morgan fingerprint density at radius 1 is 0.902 bits per heavy atom. The summed E-state index contributed by atoms with van der Waals surface area (Å²) < 4.78 is 6.48. The largest absolute Gasteiger partial charge is 0.493 e. The fraction of sp³-hybridized carbons (Fsp3) is 0.529. The van der Waals surface area contributed by atoms with Gasteiger partial charge in [-0.05, 0) is 109 Å². The van der Waals surface area contributed by atoms with Crippen molar-refractivity contribution in [1.82, 2.24) is 0 Å². The van der Waals surface area contributed by atoms with Gasteiger partial charge < -0.3 is 15.6 Å². The fourth-order valence-corrected chi connectivity index (χ4v) is 9.66. The molecule has 0 spiro atoms. The summed E-state index contributed by atoms with van der Waals surface area (Å²) in [5, 5.41) is 8.93. The highest BCUT2D eigenvalue weighted by Crippen LogP contribution is 2.62. The molecule has 220 valence electrons. The zero-order valence-corrected chi connectivity index (χ0v) is 25.5. The van der Waals surface area contributed by atoms with Gasteiger partial charge in [0.25, 0.3) is 0 Å². The van der Waals surface area contributed by atoms with E-state index in [9.17, 15) is 9.59 Å². The summed E-state index contributed by atoms with van der Waals surface area (Å²) in [6, 6.07) is 14.8. The number of carbonyl (C=O) groups excluding carboxylic acids is 1. The molecule has 0 aliphatic heterocycles. The highest BCUT2D eigenvalue weighted by molar-refractivity contribution is 8.76. The van der Waals surface area contributed by atoms with E-state index in [1.54, 1.807) is 16.9 Å². The summed E-state index contributed by atoms with van der Waals surface area (Å²) in [5.41, 5.74) is 10.3. The van der Waals surface area contributed by atoms with Crippen LogP contribution < -0.4 is 10.5 Å². The Hall–Kier alpha value is -2.22. The summed E-state index contributed by atoms with van der Waals surface area (Å²) in [4.78, 5) is 23.3. The highest BCUT2D eigenvalue weighted by atomic mass is 33.1. The van der Waals surface area contributed by atoms with Gasteiger partial charge in [-0.2, -0.15) is 0 Å². The first-order chi connectivity index (χ1) is 19.9. The molecule has 6 rings (SSSR count). The quantitative estimate of drug-likeness (QED) is 0.117. The van der Waals surface area contributed by atoms with Gasteiger partial charge in [-0.1, -0.05) is 51.9 Å². The molecule has 4 bridgehead atoms. The van der Waals surface area contributed by atoms with Crippen molar-refractivity contribution in [2.75, 3.05) is 24.7 Å². The number of ketones is 1. The topological polar surface area (TPSA) is 89.6 Å². The van der Waals surface area contributed by atoms with Crippen LogP contribution in [-0.4, -0.2) is 41.5 Å². The van der Waals surface area contributed by atoms with Crippen molar-refractivity contribution in [1.29, 1.82) is 0 Å². The normalized spacial score (nSPS) is 24.7. The Labute approximate surface area is 252 Å². The Bertz CT molecular complexity index is 1190. The van der Waals surface area contributed by atoms with Crippen molar-refractivity contribution >= 4 is 39.4 Å². The second-order valence-corrected chi connectivity index (χ2v) is 14.9. The zero-order chi connectivity index (χ0) is 28.7. The molecule has 2 aromatic carbocycles. The first kappa shape index (κ1) is 30.2. The molecular weight excluding hydrogens is 551 g/mol. The standard InChI is InChI=1S/C34H43NO4S2/c35-13-16-41-40-15-2-4-30(36)3-1-14-39-32-11-10-29(28-8-5-24(6-9-28)7-12-33(37)38)20-31(32)34-21-25-17-26(22-34)19-27(18-25)23-34/h5-12,20,25-27H,1-4,13-19,21-23,35H2,(H,37,38)/b12-7+. The average molecular weight is 594 g/mol. The van der Waals surface area contributed by atoms with Gasteiger partial charge in [0.15, 0.2) is 0 Å². The van der Waals surface area contributed by atoms with E-state index in [1.165, 1.54) is 55.7 Å². The number of hydrogen-bond acceptors (Lipinski definition) is 6. The van der Waals surface area contributed by atoms with Crippen molar-refractivity contribution in [2.45, 2.75) is 69.6 Å². The molecular formula is C34H43NO4S2. The van der Waals surface area contributed by atoms with Gasteiger partial charge >= 0.3 is 5.97 Å². The number of carboxylic acid groups (broad SMARTS) is 1. The Kier molecular flexibility index (Phi) is 10.5. The number of aliphatic carboxylic acids is 1. The van der Waals surface area contributed by atoms with Crippen molar-refractivity contribution in [3.8, 4) is 16.9 Å². The molecule has 3 N–H and O–H groups in total. The molecule has 41 heavy (non-hydrogen) atoms. The van der Waals surface area contributed by atoms with Gasteiger partial charge in [-0.15, -0.1) is 0 Å². The molecule has 4 fully saturated rings. The van der Waals surface area contributed by atoms with Crippen molar-refractivity contribution in [3.63, 3.8) is 0 Å². The Balaban J connectivity index is 1.26. The van der Waals surface area contributed by atoms with E-state index < -0.39 is 5.97 Å². The third-order valence-corrected chi connectivity index (χ3v) is 11.6. The second kappa shape index (κ2) is 14.3. The van der Waals surface area contributed by atoms with E-state index in [1.807, 2.05) is 22.9 Å². The molecule has 0 saturated heterocycles. The predicted octanol–water partition coefficient (Wildman–Crippen LogP) is 7.77. The number of Topliss-reactive ketones (excluding diaryl/α,β-unsaturated/α-hetero) is 1. The van der Waals surface area contributed by atoms with E-state index in [0.29, 0.717) is 31.8 Å². The minimum atomic E-state index is -0.943. The first-order valence-electron chi connectivity index (χ1n) is 15.2. The lowest BCUT2D eigenvalue weighted by Gasteiger charge is -2.57. The van der Waals surface area contributed by atoms with Crippen LogP contribution in [0.1, 0.15) is 75.3 Å². The molecule has 5 nitrogen and oxygen atoms in total. The molecule has 4 aliphatic carbocycles. The van der Waals surface area contributed by atoms with Crippen LogP contribution in [0.4, 0.5) is 0 Å². The van der Waals surface area contributed by atoms with Crippen molar-refractivity contribution in [2.24, 2.45) is 23.5 Å². The number of nitrogens with two attached hydrogens (primary N) is 1. The van der Waals surface area contributed by atoms with Crippen molar-refractivity contribution in [3.05, 3.63) is 59.7 Å². The van der Waals surface area contributed by atoms with Gasteiger partial charge in [-0.3, -0.25) is 4.79 Å². The predicted molar refractivity (Wildman–Crippen MR) is 171 cm³/mol. The molecule has 4 aliphatic rings. The molecule has 4 saturated carbocycles. The van der Waals surface area contributed by atoms with Crippen LogP contribution in [0, 0.1) is 17.8 Å². The van der Waals surface area contributed by atoms with E-state index in [4.69, 9.17) is 15.6 Å². The minimum absolute atomic E-state index is 0.194. The average Bonchev–Trinajstić information content (AvgIpc) is 2.95. The molecule has 0 unspecified atom stereocenters. The Morgan fingerprint density at radius 2 is 1.54 bits per heavy atom. The van der Waals surface area contributed by atoms with Crippen LogP contribution in [0.25, 0.3) is 17.2 Å². The summed E-state index contributed by atoms with van der Waals surface area (Å²) in [7, 11) is 3.60. The SMILES string of the molecule is NCCSSCCCC(=O)CCCOc1ccc(-c2ccc(/C=C/C(=O)O)cc2)cc1C12CC3CC(CC(C3)C1)C2. The summed E-state index contributed by atoms with van der Waals surface area (Å²) in [5.74, 6) is 4.85. The molecule has 0 amide bonds. The monoisotopic (exact) mass is 593 g/mol. The number of carbonyl (C=O) groups is 2. The maximum Gasteiger partial charge on any atom is 0.328 e. The zero-order valence-electron chi connectivity index (χ0n) is 23.9. The van der Waals surface area contributed by atoms with Crippen LogP contribution in [0.5, 0.6) is 5.75 Å². The van der Waals surface area contributed by atoms with E-state index in [2.05, 4.69) is 30.3 Å². The molecule has 2 aromatic rings. The molecule has 0 heterocycles. The number of ether oxygens (including phenoxy) is 1. The van der Waals surface area contributed by atoms with Gasteiger partial charge in [0.05, 0.1) is 6.61 Å². The number of rotatable bonds is 16. The first-order valence-corrected chi connectivity index (χ1v) is 17.7. The minimum Gasteiger partial charge on any atom is -0.493 e. The van der Waals surface area contributed by atoms with Gasteiger partial charge in [0.2, 0.25) is 0 Å². The maximum atomic E-state index is 12.4. The van der Waals surface area contributed by atoms with Crippen molar-refractivity contribution < 1.29 is 19.4 Å². The smallest absolute Gasteiger partial charge is 0.328 e. The van der Waals surface area contributed by atoms with Gasteiger partial charge in [0, 0.05) is 42.5 Å². The maximum absolute atomic E-state index is 12.4. The lowest BCUT2D eigenvalue weighted by atomic mass is 9.48.